The number of hydrogen-bond donors (Lipinski definition) is 4. The zero-order valence-corrected chi connectivity index (χ0v) is 18.7. The number of nitrogen functional groups attached to an aromatic ring is 1. The minimum atomic E-state index is -3.77. The van der Waals surface area contributed by atoms with Gasteiger partial charge in [0.1, 0.15) is 11.5 Å². The Hall–Kier alpha value is -4.00. The molecule has 0 radical (unpaired) electrons. The number of thiocarbonyl (C=S) groups is 1. The van der Waals surface area contributed by atoms with Crippen molar-refractivity contribution in [2.24, 2.45) is 5.14 Å². The van der Waals surface area contributed by atoms with Gasteiger partial charge >= 0.3 is 0 Å². The van der Waals surface area contributed by atoms with E-state index in [0.29, 0.717) is 17.1 Å². The first-order valence-corrected chi connectivity index (χ1v) is 11.5. The van der Waals surface area contributed by atoms with Crippen LogP contribution in [0.3, 0.4) is 0 Å². The van der Waals surface area contributed by atoms with Gasteiger partial charge < -0.3 is 21.1 Å². The summed E-state index contributed by atoms with van der Waals surface area (Å²) in [5.74, 6) is 1.67. The fourth-order valence-corrected chi connectivity index (χ4v) is 3.56. The van der Waals surface area contributed by atoms with Crippen LogP contribution in [0.4, 0.5) is 23.3 Å². The lowest BCUT2D eigenvalue weighted by Gasteiger charge is -2.10. The minimum absolute atomic E-state index is 0.00313. The van der Waals surface area contributed by atoms with Crippen molar-refractivity contribution in [3.63, 3.8) is 0 Å². The SMILES string of the molecule is Nc1nc(Nc2ccc(S(N)(=O)=O)cc2)nn1C(=S)Nc1ccc(Oc2ccccc2)cc1. The number of sulfonamides is 1. The van der Waals surface area contributed by atoms with E-state index < -0.39 is 10.0 Å². The van der Waals surface area contributed by atoms with Crippen molar-refractivity contribution in [1.82, 2.24) is 14.8 Å². The molecule has 0 atom stereocenters. The third kappa shape index (κ3) is 5.63. The fourth-order valence-electron chi connectivity index (χ4n) is 2.79. The molecule has 0 aliphatic carbocycles. The lowest BCUT2D eigenvalue weighted by Crippen LogP contribution is -2.22. The van der Waals surface area contributed by atoms with Crippen LogP contribution in [0.5, 0.6) is 11.5 Å². The number of benzene rings is 3. The predicted molar refractivity (Wildman–Crippen MR) is 130 cm³/mol. The van der Waals surface area contributed by atoms with Crippen LogP contribution < -0.4 is 26.2 Å². The third-order valence-electron chi connectivity index (χ3n) is 4.35. The summed E-state index contributed by atoms with van der Waals surface area (Å²) >= 11 is 5.39. The summed E-state index contributed by atoms with van der Waals surface area (Å²) in [6, 6.07) is 22.5. The van der Waals surface area contributed by atoms with Gasteiger partial charge in [0.05, 0.1) is 4.90 Å². The molecule has 10 nitrogen and oxygen atoms in total. The van der Waals surface area contributed by atoms with Gasteiger partial charge in [-0.3, -0.25) is 0 Å². The fraction of sp³-hybridized carbons (Fsp3) is 0. The lowest BCUT2D eigenvalue weighted by atomic mass is 10.3. The molecule has 12 heteroatoms. The van der Waals surface area contributed by atoms with Crippen LogP contribution in [-0.4, -0.2) is 28.3 Å². The topological polar surface area (TPSA) is 150 Å². The van der Waals surface area contributed by atoms with Crippen LogP contribution in [-0.2, 0) is 10.0 Å². The highest BCUT2D eigenvalue weighted by Gasteiger charge is 2.13. The Morgan fingerprint density at radius 1 is 0.909 bits per heavy atom. The smallest absolute Gasteiger partial charge is 0.248 e. The average molecular weight is 482 g/mol. The number of hydrogen-bond acceptors (Lipinski definition) is 8. The van der Waals surface area contributed by atoms with E-state index in [4.69, 9.17) is 27.8 Å². The molecule has 1 heterocycles. The van der Waals surface area contributed by atoms with Gasteiger partial charge in [0.15, 0.2) is 0 Å². The highest BCUT2D eigenvalue weighted by Crippen LogP contribution is 2.23. The summed E-state index contributed by atoms with van der Waals surface area (Å²) in [7, 11) is -3.77. The molecule has 4 aromatic rings. The molecule has 0 spiro atoms. The molecule has 0 unspecified atom stereocenters. The van der Waals surface area contributed by atoms with Gasteiger partial charge in [-0.1, -0.05) is 18.2 Å². The molecular weight excluding hydrogens is 462 g/mol. The molecule has 0 aliphatic rings. The van der Waals surface area contributed by atoms with Gasteiger partial charge in [0.2, 0.25) is 27.0 Å². The Labute approximate surface area is 195 Å². The molecule has 1 aromatic heterocycles. The number of ether oxygens (including phenoxy) is 1. The van der Waals surface area contributed by atoms with E-state index in [9.17, 15) is 8.42 Å². The van der Waals surface area contributed by atoms with Crippen molar-refractivity contribution in [2.45, 2.75) is 4.90 Å². The highest BCUT2D eigenvalue weighted by atomic mass is 32.2. The van der Waals surface area contributed by atoms with Gasteiger partial charge in [-0.25, -0.2) is 13.6 Å². The summed E-state index contributed by atoms with van der Waals surface area (Å²) in [4.78, 5) is 4.13. The second-order valence-electron chi connectivity index (χ2n) is 6.77. The number of nitrogens with zero attached hydrogens (tertiary/aromatic N) is 3. The highest BCUT2D eigenvalue weighted by molar-refractivity contribution is 7.89. The molecule has 0 aliphatic heterocycles. The Morgan fingerprint density at radius 3 is 2.15 bits per heavy atom. The van der Waals surface area contributed by atoms with Crippen LogP contribution in [0.1, 0.15) is 0 Å². The molecule has 0 fully saturated rings. The second kappa shape index (κ2) is 9.24. The molecule has 6 N–H and O–H groups in total. The second-order valence-corrected chi connectivity index (χ2v) is 8.72. The maximum absolute atomic E-state index is 11.4. The first kappa shape index (κ1) is 22.2. The normalized spacial score (nSPS) is 11.1. The van der Waals surface area contributed by atoms with Crippen molar-refractivity contribution in [1.29, 1.82) is 0 Å². The largest absolute Gasteiger partial charge is 0.457 e. The Balaban J connectivity index is 1.41. The Morgan fingerprint density at radius 2 is 1.52 bits per heavy atom. The number of rotatable bonds is 6. The molecule has 33 heavy (non-hydrogen) atoms. The van der Waals surface area contributed by atoms with Crippen molar-refractivity contribution >= 4 is 50.6 Å². The summed E-state index contributed by atoms with van der Waals surface area (Å²) in [6.45, 7) is 0. The minimum Gasteiger partial charge on any atom is -0.457 e. The predicted octanol–water partition coefficient (Wildman–Crippen LogP) is 3.29. The van der Waals surface area contributed by atoms with E-state index in [0.717, 1.165) is 5.75 Å². The zero-order valence-electron chi connectivity index (χ0n) is 17.0. The zero-order chi connectivity index (χ0) is 23.4. The molecule has 3 aromatic carbocycles. The van der Waals surface area contributed by atoms with E-state index in [1.165, 1.54) is 28.9 Å². The van der Waals surface area contributed by atoms with E-state index in [-0.39, 0.29) is 21.9 Å². The van der Waals surface area contributed by atoms with Gasteiger partial charge in [-0.2, -0.15) is 9.67 Å². The monoisotopic (exact) mass is 481 g/mol. The van der Waals surface area contributed by atoms with Crippen LogP contribution >= 0.6 is 12.2 Å². The number of primary sulfonamides is 1. The molecule has 0 saturated carbocycles. The third-order valence-corrected chi connectivity index (χ3v) is 5.55. The average Bonchev–Trinajstić information content (AvgIpc) is 3.15. The summed E-state index contributed by atoms with van der Waals surface area (Å²) in [5.41, 5.74) is 7.21. The molecular formula is C21H19N7O3S2. The van der Waals surface area contributed by atoms with E-state index in [1.807, 2.05) is 42.5 Å². The van der Waals surface area contributed by atoms with Crippen LogP contribution in [0.25, 0.3) is 0 Å². The van der Waals surface area contributed by atoms with Crippen molar-refractivity contribution in [3.05, 3.63) is 78.9 Å². The summed E-state index contributed by atoms with van der Waals surface area (Å²) in [6.07, 6.45) is 0. The lowest BCUT2D eigenvalue weighted by molar-refractivity contribution is 0.483. The van der Waals surface area contributed by atoms with Crippen molar-refractivity contribution < 1.29 is 13.2 Å². The van der Waals surface area contributed by atoms with Crippen LogP contribution in [0.15, 0.2) is 83.8 Å². The standard InChI is InChI=1S/C21H19N7O3S2/c22-19-26-20(24-14-8-12-18(13-9-14)33(23,29)30)27-28(19)21(32)25-15-6-10-17(11-7-15)31-16-4-2-1-3-5-16/h1-13H,(H,25,32)(H2,23,29,30)(H3,22,24,26,27). The van der Waals surface area contributed by atoms with Crippen molar-refractivity contribution in [3.8, 4) is 11.5 Å². The molecule has 0 bridgehead atoms. The first-order valence-electron chi connectivity index (χ1n) is 9.55. The van der Waals surface area contributed by atoms with E-state index in [2.05, 4.69) is 20.7 Å². The summed E-state index contributed by atoms with van der Waals surface area (Å²) in [5, 5.41) is 15.5. The van der Waals surface area contributed by atoms with Crippen LogP contribution in [0.2, 0.25) is 0 Å². The number of anilines is 4. The Kier molecular flexibility index (Phi) is 6.22. The van der Waals surface area contributed by atoms with Gasteiger partial charge in [0.25, 0.3) is 0 Å². The number of aromatic nitrogens is 3. The van der Waals surface area contributed by atoms with Gasteiger partial charge in [-0.05, 0) is 72.9 Å². The number of nitrogens with two attached hydrogens (primary N) is 2. The maximum Gasteiger partial charge on any atom is 0.248 e. The molecule has 0 amide bonds. The van der Waals surface area contributed by atoms with Gasteiger partial charge in [0, 0.05) is 11.4 Å². The number of para-hydroxylation sites is 1. The van der Waals surface area contributed by atoms with E-state index >= 15 is 0 Å². The summed E-state index contributed by atoms with van der Waals surface area (Å²) < 4.78 is 29.8. The number of nitrogens with one attached hydrogen (secondary N) is 2. The molecule has 4 rings (SSSR count). The first-order chi connectivity index (χ1) is 15.8. The molecule has 168 valence electrons. The van der Waals surface area contributed by atoms with Crippen LogP contribution in [0, 0.1) is 0 Å². The van der Waals surface area contributed by atoms with Crippen molar-refractivity contribution in [2.75, 3.05) is 16.4 Å². The Bertz CT molecular complexity index is 1370. The molecule has 0 saturated heterocycles. The van der Waals surface area contributed by atoms with Gasteiger partial charge in [-0.15, -0.1) is 5.10 Å². The maximum atomic E-state index is 11.4. The quantitative estimate of drug-likeness (QED) is 0.304. The van der Waals surface area contributed by atoms with E-state index in [1.54, 1.807) is 12.1 Å².